The van der Waals surface area contributed by atoms with Crippen molar-refractivity contribution in [2.24, 2.45) is 11.3 Å². The number of phenols is 1. The number of aromatic hydroxyl groups is 1. The Morgan fingerprint density at radius 2 is 1.64 bits per heavy atom. The second-order valence-corrected chi connectivity index (χ2v) is 9.25. The highest BCUT2D eigenvalue weighted by Crippen LogP contribution is 2.53. The van der Waals surface area contributed by atoms with Crippen LogP contribution in [0, 0.1) is 25.2 Å². The van der Waals surface area contributed by atoms with Crippen LogP contribution in [-0.2, 0) is 10.2 Å². The van der Waals surface area contributed by atoms with E-state index in [2.05, 4.69) is 45.0 Å². The molecule has 1 fully saturated rings. The van der Waals surface area contributed by atoms with Crippen LogP contribution in [0.1, 0.15) is 69.2 Å². The van der Waals surface area contributed by atoms with Gasteiger partial charge >= 0.3 is 5.97 Å². The lowest BCUT2D eigenvalue weighted by Gasteiger charge is -2.49. The van der Waals surface area contributed by atoms with Crippen LogP contribution >= 0.6 is 0 Å². The van der Waals surface area contributed by atoms with Crippen LogP contribution in [0.3, 0.4) is 0 Å². The number of aryl methyl sites for hydroxylation is 2. The second kappa shape index (κ2) is 7.27. The van der Waals surface area contributed by atoms with E-state index in [4.69, 9.17) is 4.74 Å². The Morgan fingerprint density at radius 1 is 1.04 bits per heavy atom. The standard InChI is InChI=1S/C25H32O3/c1-16-13-20(7-9-22(16)27)25(12-11-24(5,6)18(3)15-25)21-8-10-23(17(2)14-21)28-19(4)26/h7-10,13-14,18,27H,11-12,15H2,1-6H3. The zero-order valence-corrected chi connectivity index (χ0v) is 17.9. The van der Waals surface area contributed by atoms with Crippen molar-refractivity contribution in [3.63, 3.8) is 0 Å². The third-order valence-corrected chi connectivity index (χ3v) is 6.92. The highest BCUT2D eigenvalue weighted by molar-refractivity contribution is 5.70. The van der Waals surface area contributed by atoms with E-state index in [9.17, 15) is 9.90 Å². The van der Waals surface area contributed by atoms with Crippen molar-refractivity contribution in [1.82, 2.24) is 0 Å². The summed E-state index contributed by atoms with van der Waals surface area (Å²) in [4.78, 5) is 11.4. The number of carbonyl (C=O) groups excluding carboxylic acids is 1. The van der Waals surface area contributed by atoms with Gasteiger partial charge in [0.25, 0.3) is 0 Å². The van der Waals surface area contributed by atoms with E-state index in [1.54, 1.807) is 0 Å². The first-order valence-corrected chi connectivity index (χ1v) is 10.1. The molecule has 0 radical (unpaired) electrons. The van der Waals surface area contributed by atoms with Crippen LogP contribution < -0.4 is 4.74 Å². The van der Waals surface area contributed by atoms with Crippen LogP contribution in [0.2, 0.25) is 0 Å². The average Bonchev–Trinajstić information content (AvgIpc) is 2.61. The smallest absolute Gasteiger partial charge is 0.308 e. The zero-order chi connectivity index (χ0) is 20.7. The van der Waals surface area contributed by atoms with Crippen LogP contribution in [-0.4, -0.2) is 11.1 Å². The first-order valence-electron chi connectivity index (χ1n) is 10.1. The number of benzene rings is 2. The Balaban J connectivity index is 2.13. The van der Waals surface area contributed by atoms with E-state index >= 15 is 0 Å². The largest absolute Gasteiger partial charge is 0.508 e. The Morgan fingerprint density at radius 3 is 2.18 bits per heavy atom. The van der Waals surface area contributed by atoms with Crippen molar-refractivity contribution in [3.05, 3.63) is 58.7 Å². The molecule has 150 valence electrons. The summed E-state index contributed by atoms with van der Waals surface area (Å²) >= 11 is 0. The molecule has 3 nitrogen and oxygen atoms in total. The first kappa shape index (κ1) is 20.4. The SMILES string of the molecule is CC(=O)Oc1ccc(C2(c3ccc(O)c(C)c3)CCC(C)(C)C(C)C2)cc1C. The van der Waals surface area contributed by atoms with Crippen LogP contribution in [0.15, 0.2) is 36.4 Å². The minimum atomic E-state index is -0.298. The number of esters is 1. The molecule has 0 bridgehead atoms. The summed E-state index contributed by atoms with van der Waals surface area (Å²) in [6, 6.07) is 12.2. The molecule has 2 atom stereocenters. The molecule has 2 aromatic rings. The highest BCUT2D eigenvalue weighted by Gasteiger charge is 2.45. The van der Waals surface area contributed by atoms with Gasteiger partial charge in [0, 0.05) is 12.3 Å². The number of carbonyl (C=O) groups is 1. The molecule has 2 aromatic carbocycles. The topological polar surface area (TPSA) is 46.5 Å². The lowest BCUT2D eigenvalue weighted by atomic mass is 9.55. The number of hydrogen-bond acceptors (Lipinski definition) is 3. The van der Waals surface area contributed by atoms with Gasteiger partial charge in [-0.15, -0.1) is 0 Å². The van der Waals surface area contributed by atoms with E-state index in [-0.39, 0.29) is 11.4 Å². The fourth-order valence-corrected chi connectivity index (χ4v) is 4.54. The molecule has 28 heavy (non-hydrogen) atoms. The van der Waals surface area contributed by atoms with Crippen LogP contribution in [0.25, 0.3) is 0 Å². The molecule has 0 heterocycles. The van der Waals surface area contributed by atoms with Gasteiger partial charge < -0.3 is 9.84 Å². The lowest BCUT2D eigenvalue weighted by molar-refractivity contribution is -0.131. The summed E-state index contributed by atoms with van der Waals surface area (Å²) in [5.74, 6) is 1.22. The third-order valence-electron chi connectivity index (χ3n) is 6.92. The fraction of sp³-hybridized carbons (Fsp3) is 0.480. The van der Waals surface area contributed by atoms with Crippen LogP contribution in [0.5, 0.6) is 11.5 Å². The van der Waals surface area contributed by atoms with Crippen molar-refractivity contribution in [2.45, 2.75) is 66.2 Å². The molecule has 1 aliphatic rings. The van der Waals surface area contributed by atoms with Gasteiger partial charge in [-0.05, 0) is 78.8 Å². The molecule has 0 aromatic heterocycles. The predicted octanol–water partition coefficient (Wildman–Crippen LogP) is 6.07. The number of phenolic OH excluding ortho intramolecular Hbond substituents is 1. The minimum absolute atomic E-state index is 0.104. The number of hydrogen-bond donors (Lipinski definition) is 1. The zero-order valence-electron chi connectivity index (χ0n) is 17.9. The van der Waals surface area contributed by atoms with E-state index in [1.807, 2.05) is 26.0 Å². The molecule has 0 amide bonds. The van der Waals surface area contributed by atoms with Gasteiger partial charge in [-0.2, -0.15) is 0 Å². The molecule has 3 heteroatoms. The maximum atomic E-state index is 11.4. The van der Waals surface area contributed by atoms with Crippen molar-refractivity contribution in [3.8, 4) is 11.5 Å². The van der Waals surface area contributed by atoms with Gasteiger partial charge in [0.05, 0.1) is 0 Å². The van der Waals surface area contributed by atoms with E-state index < -0.39 is 0 Å². The summed E-state index contributed by atoms with van der Waals surface area (Å²) < 4.78 is 5.34. The van der Waals surface area contributed by atoms with Crippen molar-refractivity contribution < 1.29 is 14.6 Å². The Labute approximate surface area is 168 Å². The Hall–Kier alpha value is -2.29. The Bertz CT molecular complexity index is 897. The van der Waals surface area contributed by atoms with Crippen molar-refractivity contribution >= 4 is 5.97 Å². The molecule has 2 unspecified atom stereocenters. The van der Waals surface area contributed by atoms with Crippen LogP contribution in [0.4, 0.5) is 0 Å². The average molecular weight is 381 g/mol. The van der Waals surface area contributed by atoms with Crippen molar-refractivity contribution in [2.75, 3.05) is 0 Å². The molecule has 0 saturated heterocycles. The van der Waals surface area contributed by atoms with Gasteiger partial charge in [0.2, 0.25) is 0 Å². The molecule has 3 rings (SSSR count). The highest BCUT2D eigenvalue weighted by atomic mass is 16.5. The van der Waals surface area contributed by atoms with Gasteiger partial charge in [0.15, 0.2) is 0 Å². The maximum Gasteiger partial charge on any atom is 0.308 e. The second-order valence-electron chi connectivity index (χ2n) is 9.25. The molecular formula is C25H32O3. The van der Waals surface area contributed by atoms with E-state index in [0.717, 1.165) is 30.4 Å². The molecule has 0 aliphatic heterocycles. The first-order chi connectivity index (χ1) is 13.0. The van der Waals surface area contributed by atoms with Gasteiger partial charge in [0.1, 0.15) is 11.5 Å². The van der Waals surface area contributed by atoms with Gasteiger partial charge in [-0.25, -0.2) is 0 Å². The molecule has 1 saturated carbocycles. The summed E-state index contributed by atoms with van der Waals surface area (Å²) in [6.07, 6.45) is 3.25. The quantitative estimate of drug-likeness (QED) is 0.519. The molecule has 0 spiro atoms. The van der Waals surface area contributed by atoms with Gasteiger partial charge in [-0.1, -0.05) is 45.0 Å². The van der Waals surface area contributed by atoms with E-state index in [1.165, 1.54) is 18.1 Å². The predicted molar refractivity (Wildman–Crippen MR) is 113 cm³/mol. The number of ether oxygens (including phenoxy) is 1. The fourth-order valence-electron chi connectivity index (χ4n) is 4.54. The minimum Gasteiger partial charge on any atom is -0.508 e. The monoisotopic (exact) mass is 380 g/mol. The Kier molecular flexibility index (Phi) is 5.31. The summed E-state index contributed by atoms with van der Waals surface area (Å²) in [5, 5.41) is 10.0. The maximum absolute atomic E-state index is 11.4. The number of rotatable bonds is 3. The molecule has 1 N–H and O–H groups in total. The van der Waals surface area contributed by atoms with Crippen molar-refractivity contribution in [1.29, 1.82) is 0 Å². The summed E-state index contributed by atoms with van der Waals surface area (Å²) in [6.45, 7) is 12.4. The lowest BCUT2D eigenvalue weighted by Crippen LogP contribution is -2.41. The molecular weight excluding hydrogens is 348 g/mol. The summed E-state index contributed by atoms with van der Waals surface area (Å²) in [7, 11) is 0. The summed E-state index contributed by atoms with van der Waals surface area (Å²) in [5.41, 5.74) is 4.59. The normalized spacial score (nSPS) is 24.0. The van der Waals surface area contributed by atoms with E-state index in [0.29, 0.717) is 22.8 Å². The third kappa shape index (κ3) is 3.67. The molecule has 1 aliphatic carbocycles. The van der Waals surface area contributed by atoms with Gasteiger partial charge in [-0.3, -0.25) is 4.79 Å².